The molecule has 0 saturated carbocycles. The lowest BCUT2D eigenvalue weighted by Crippen LogP contribution is -1.91. The fraction of sp³-hybridized carbons (Fsp3) is 0. The monoisotopic (exact) mass is 313 g/mol. The summed E-state index contributed by atoms with van der Waals surface area (Å²) < 4.78 is 5.53. The third kappa shape index (κ3) is 2.11. The number of hydrogen-bond donors (Lipinski definition) is 1. The van der Waals surface area contributed by atoms with E-state index >= 15 is 0 Å². The molecule has 4 rings (SSSR count). The molecule has 1 heterocycles. The van der Waals surface area contributed by atoms with E-state index in [-0.39, 0.29) is 5.76 Å². The lowest BCUT2D eigenvalue weighted by atomic mass is 9.96. The first kappa shape index (κ1) is 14.0. The summed E-state index contributed by atoms with van der Waals surface area (Å²) in [6, 6.07) is 20.6. The first-order valence-electron chi connectivity index (χ1n) is 7.36. The van der Waals surface area contributed by atoms with Crippen molar-refractivity contribution in [3.05, 3.63) is 72.0 Å². The Kier molecular flexibility index (Phi) is 3.07. The lowest BCUT2D eigenvalue weighted by Gasteiger charge is -2.08. The summed E-state index contributed by atoms with van der Waals surface area (Å²) in [6.45, 7) is 0. The van der Waals surface area contributed by atoms with E-state index < -0.39 is 5.97 Å². The number of carboxylic acid groups (broad SMARTS) is 1. The third-order valence-corrected chi connectivity index (χ3v) is 4.06. The van der Waals surface area contributed by atoms with Crippen LogP contribution in [0.4, 0.5) is 0 Å². The topological polar surface area (TPSA) is 74.2 Å². The molecule has 0 fully saturated rings. The molecule has 0 atom stereocenters. The first-order valence-corrected chi connectivity index (χ1v) is 7.36. The van der Waals surface area contributed by atoms with E-state index in [0.717, 1.165) is 27.3 Å². The largest absolute Gasteiger partial charge is 0.475 e. The fourth-order valence-electron chi connectivity index (χ4n) is 2.94. The molecule has 0 aliphatic carbocycles. The summed E-state index contributed by atoms with van der Waals surface area (Å²) >= 11 is 0. The maximum atomic E-state index is 11.2. The van der Waals surface area contributed by atoms with Crippen LogP contribution in [0.1, 0.15) is 16.1 Å². The van der Waals surface area contributed by atoms with Gasteiger partial charge in [-0.05, 0) is 40.8 Å². The molecule has 3 aromatic carbocycles. The predicted molar refractivity (Wildman–Crippen MR) is 90.8 cm³/mol. The van der Waals surface area contributed by atoms with Crippen LogP contribution in [0.15, 0.2) is 65.1 Å². The van der Waals surface area contributed by atoms with Gasteiger partial charge in [-0.25, -0.2) is 4.79 Å². The summed E-state index contributed by atoms with van der Waals surface area (Å²) in [7, 11) is 0. The summed E-state index contributed by atoms with van der Waals surface area (Å²) in [6.07, 6.45) is 0. The summed E-state index contributed by atoms with van der Waals surface area (Å²) in [5.41, 5.74) is 3.10. The van der Waals surface area contributed by atoms with E-state index in [9.17, 15) is 9.90 Å². The standard InChI is InChI=1S/C20H11NO3/c21-11-12-5-7-13(8-6-12)17-9-14-10-18(20(22)23)24-19(14)16-4-2-1-3-15(16)17/h1-10H,(H,22,23). The molecule has 0 amide bonds. The predicted octanol–water partition coefficient (Wildman–Crippen LogP) is 4.82. The molecule has 1 N–H and O–H groups in total. The van der Waals surface area contributed by atoms with Crippen molar-refractivity contribution >= 4 is 27.7 Å². The van der Waals surface area contributed by atoms with E-state index in [1.165, 1.54) is 6.07 Å². The molecule has 0 unspecified atom stereocenters. The van der Waals surface area contributed by atoms with Gasteiger partial charge in [-0.2, -0.15) is 5.26 Å². The van der Waals surface area contributed by atoms with Crippen molar-refractivity contribution in [2.24, 2.45) is 0 Å². The average Bonchev–Trinajstić information content (AvgIpc) is 3.06. The Labute approximate surface area is 137 Å². The van der Waals surface area contributed by atoms with Gasteiger partial charge in [0.1, 0.15) is 5.58 Å². The number of nitrogens with zero attached hydrogens (tertiary/aromatic N) is 1. The second-order valence-corrected chi connectivity index (χ2v) is 5.49. The molecule has 4 nitrogen and oxygen atoms in total. The molecule has 0 aliphatic heterocycles. The quantitative estimate of drug-likeness (QED) is 0.575. The van der Waals surface area contributed by atoms with Gasteiger partial charge in [-0.1, -0.05) is 36.4 Å². The maximum absolute atomic E-state index is 11.2. The van der Waals surface area contributed by atoms with Crippen LogP contribution >= 0.6 is 0 Å². The van der Waals surface area contributed by atoms with E-state index in [1.807, 2.05) is 42.5 Å². The van der Waals surface area contributed by atoms with Crippen LogP contribution in [0.3, 0.4) is 0 Å². The van der Waals surface area contributed by atoms with Crippen molar-refractivity contribution in [3.8, 4) is 17.2 Å². The second kappa shape index (κ2) is 5.25. The highest BCUT2D eigenvalue weighted by Gasteiger charge is 2.15. The molecule has 1 aromatic heterocycles. The molecule has 4 aromatic rings. The van der Waals surface area contributed by atoms with Crippen LogP contribution in [-0.2, 0) is 0 Å². The molecular weight excluding hydrogens is 302 g/mol. The number of aromatic carboxylic acids is 1. The zero-order valence-electron chi connectivity index (χ0n) is 12.5. The van der Waals surface area contributed by atoms with Crippen molar-refractivity contribution in [2.45, 2.75) is 0 Å². The van der Waals surface area contributed by atoms with E-state index in [1.54, 1.807) is 12.1 Å². The highest BCUT2D eigenvalue weighted by Crippen LogP contribution is 2.36. The van der Waals surface area contributed by atoms with Crippen molar-refractivity contribution < 1.29 is 14.3 Å². The minimum Gasteiger partial charge on any atom is -0.475 e. The fourth-order valence-corrected chi connectivity index (χ4v) is 2.94. The number of carboxylic acids is 1. The Morgan fingerprint density at radius 2 is 1.71 bits per heavy atom. The molecule has 0 bridgehead atoms. The molecule has 4 heteroatoms. The Morgan fingerprint density at radius 1 is 1.00 bits per heavy atom. The number of rotatable bonds is 2. The van der Waals surface area contributed by atoms with E-state index in [4.69, 9.17) is 9.68 Å². The van der Waals surface area contributed by atoms with Crippen molar-refractivity contribution in [1.82, 2.24) is 0 Å². The zero-order valence-corrected chi connectivity index (χ0v) is 12.5. The summed E-state index contributed by atoms with van der Waals surface area (Å²) in [5, 5.41) is 20.7. The number of fused-ring (bicyclic) bond motifs is 3. The minimum absolute atomic E-state index is 0.0767. The molecule has 0 aliphatic rings. The van der Waals surface area contributed by atoms with Gasteiger partial charge in [0, 0.05) is 10.8 Å². The first-order chi connectivity index (χ1) is 11.7. The normalized spacial score (nSPS) is 10.8. The molecule has 0 spiro atoms. The highest BCUT2D eigenvalue weighted by molar-refractivity contribution is 6.12. The van der Waals surface area contributed by atoms with Gasteiger partial charge in [-0.15, -0.1) is 0 Å². The van der Waals surface area contributed by atoms with E-state index in [2.05, 4.69) is 6.07 Å². The van der Waals surface area contributed by atoms with Gasteiger partial charge >= 0.3 is 5.97 Å². The van der Waals surface area contributed by atoms with Crippen LogP contribution < -0.4 is 0 Å². The van der Waals surface area contributed by atoms with Crippen LogP contribution in [0.2, 0.25) is 0 Å². The molecule has 114 valence electrons. The summed E-state index contributed by atoms with van der Waals surface area (Å²) in [4.78, 5) is 11.2. The van der Waals surface area contributed by atoms with E-state index in [0.29, 0.717) is 11.1 Å². The molecule has 0 saturated heterocycles. The Bertz CT molecular complexity index is 1130. The van der Waals surface area contributed by atoms with Gasteiger partial charge < -0.3 is 9.52 Å². The maximum Gasteiger partial charge on any atom is 0.371 e. The van der Waals surface area contributed by atoms with Crippen molar-refractivity contribution in [3.63, 3.8) is 0 Å². The second-order valence-electron chi connectivity index (χ2n) is 5.49. The zero-order chi connectivity index (χ0) is 16.7. The molecule has 24 heavy (non-hydrogen) atoms. The number of carbonyl (C=O) groups is 1. The van der Waals surface area contributed by atoms with Crippen LogP contribution in [0.25, 0.3) is 32.9 Å². The molecule has 0 radical (unpaired) electrons. The van der Waals surface area contributed by atoms with Crippen molar-refractivity contribution in [1.29, 1.82) is 5.26 Å². The highest BCUT2D eigenvalue weighted by atomic mass is 16.4. The van der Waals surface area contributed by atoms with Crippen LogP contribution in [-0.4, -0.2) is 11.1 Å². The van der Waals surface area contributed by atoms with Crippen LogP contribution in [0.5, 0.6) is 0 Å². The number of benzene rings is 3. The van der Waals surface area contributed by atoms with Gasteiger partial charge in [0.2, 0.25) is 5.76 Å². The van der Waals surface area contributed by atoms with Crippen LogP contribution in [0, 0.1) is 11.3 Å². The van der Waals surface area contributed by atoms with Gasteiger partial charge in [0.25, 0.3) is 0 Å². The Morgan fingerprint density at radius 3 is 2.38 bits per heavy atom. The third-order valence-electron chi connectivity index (χ3n) is 4.06. The number of furan rings is 1. The van der Waals surface area contributed by atoms with Gasteiger partial charge in [0.15, 0.2) is 0 Å². The lowest BCUT2D eigenvalue weighted by molar-refractivity contribution is 0.0665. The number of nitriles is 1. The SMILES string of the molecule is N#Cc1ccc(-c2cc3cc(C(=O)O)oc3c3ccccc23)cc1. The number of hydrogen-bond acceptors (Lipinski definition) is 3. The Balaban J connectivity index is 2.06. The minimum atomic E-state index is -1.09. The molecular formula is C20H11NO3. The van der Waals surface area contributed by atoms with Gasteiger partial charge in [0.05, 0.1) is 11.6 Å². The summed E-state index contributed by atoms with van der Waals surface area (Å²) in [5.74, 6) is -1.16. The Hall–Kier alpha value is -3.58. The van der Waals surface area contributed by atoms with Gasteiger partial charge in [-0.3, -0.25) is 0 Å². The van der Waals surface area contributed by atoms with Crippen molar-refractivity contribution in [2.75, 3.05) is 0 Å². The average molecular weight is 313 g/mol. The smallest absolute Gasteiger partial charge is 0.371 e.